The third kappa shape index (κ3) is 5.50. The number of hydrogen-bond donors (Lipinski definition) is 2. The average molecular weight is 250 g/mol. The SMILES string of the molecule is CC(C)(C)c1ccc(NCCCCCCO)nc1. The van der Waals surface area contributed by atoms with Gasteiger partial charge in [0.1, 0.15) is 5.82 Å². The van der Waals surface area contributed by atoms with Crippen molar-refractivity contribution in [2.24, 2.45) is 0 Å². The number of hydrogen-bond acceptors (Lipinski definition) is 3. The maximum absolute atomic E-state index is 8.67. The molecule has 1 aromatic heterocycles. The van der Waals surface area contributed by atoms with E-state index in [0.717, 1.165) is 38.0 Å². The predicted molar refractivity (Wildman–Crippen MR) is 77.0 cm³/mol. The molecule has 102 valence electrons. The molecule has 3 nitrogen and oxygen atoms in total. The molecule has 3 heteroatoms. The summed E-state index contributed by atoms with van der Waals surface area (Å²) in [6, 6.07) is 4.19. The lowest BCUT2D eigenvalue weighted by Crippen LogP contribution is -2.12. The van der Waals surface area contributed by atoms with Crippen molar-refractivity contribution in [3.05, 3.63) is 23.9 Å². The molecule has 0 atom stereocenters. The largest absolute Gasteiger partial charge is 0.396 e. The molecule has 18 heavy (non-hydrogen) atoms. The molecule has 0 spiro atoms. The molecular formula is C15H26N2O. The summed E-state index contributed by atoms with van der Waals surface area (Å²) in [6.07, 6.45) is 6.26. The van der Waals surface area contributed by atoms with Crippen LogP contribution in [0.3, 0.4) is 0 Å². The summed E-state index contributed by atoms with van der Waals surface area (Å²) < 4.78 is 0. The van der Waals surface area contributed by atoms with Crippen LogP contribution in [0, 0.1) is 0 Å². The Hall–Kier alpha value is -1.09. The van der Waals surface area contributed by atoms with Gasteiger partial charge in [0.15, 0.2) is 0 Å². The first-order valence-electron chi connectivity index (χ1n) is 6.85. The minimum absolute atomic E-state index is 0.163. The van der Waals surface area contributed by atoms with Crippen molar-refractivity contribution in [2.75, 3.05) is 18.5 Å². The molecule has 1 rings (SSSR count). The van der Waals surface area contributed by atoms with Gasteiger partial charge in [-0.05, 0) is 29.9 Å². The summed E-state index contributed by atoms with van der Waals surface area (Å²) in [5.41, 5.74) is 1.42. The van der Waals surface area contributed by atoms with Crippen LogP contribution in [0.15, 0.2) is 18.3 Å². The molecule has 0 aromatic carbocycles. The van der Waals surface area contributed by atoms with Crippen molar-refractivity contribution in [3.8, 4) is 0 Å². The number of pyridine rings is 1. The number of nitrogens with zero attached hydrogens (tertiary/aromatic N) is 1. The lowest BCUT2D eigenvalue weighted by Gasteiger charge is -2.18. The maximum atomic E-state index is 8.67. The quantitative estimate of drug-likeness (QED) is 0.729. The van der Waals surface area contributed by atoms with Gasteiger partial charge in [-0.2, -0.15) is 0 Å². The highest BCUT2D eigenvalue weighted by molar-refractivity contribution is 5.36. The van der Waals surface area contributed by atoms with E-state index in [4.69, 9.17) is 5.11 Å². The van der Waals surface area contributed by atoms with Crippen molar-refractivity contribution >= 4 is 5.82 Å². The van der Waals surface area contributed by atoms with E-state index < -0.39 is 0 Å². The van der Waals surface area contributed by atoms with Crippen LogP contribution in [0.5, 0.6) is 0 Å². The Morgan fingerprint density at radius 2 is 1.83 bits per heavy atom. The summed E-state index contributed by atoms with van der Waals surface area (Å²) in [4.78, 5) is 4.43. The summed E-state index contributed by atoms with van der Waals surface area (Å²) in [6.45, 7) is 7.84. The predicted octanol–water partition coefficient (Wildman–Crippen LogP) is 3.34. The van der Waals surface area contributed by atoms with Gasteiger partial charge < -0.3 is 10.4 Å². The van der Waals surface area contributed by atoms with Gasteiger partial charge in [-0.3, -0.25) is 0 Å². The number of aliphatic hydroxyl groups is 1. The van der Waals surface area contributed by atoms with Crippen molar-refractivity contribution in [2.45, 2.75) is 51.9 Å². The van der Waals surface area contributed by atoms with Gasteiger partial charge in [-0.1, -0.05) is 39.7 Å². The second-order valence-corrected chi connectivity index (χ2v) is 5.75. The summed E-state index contributed by atoms with van der Waals surface area (Å²) in [5, 5.41) is 12.0. The van der Waals surface area contributed by atoms with Crippen LogP contribution in [-0.4, -0.2) is 23.2 Å². The highest BCUT2D eigenvalue weighted by Gasteiger charge is 2.13. The topological polar surface area (TPSA) is 45.1 Å². The van der Waals surface area contributed by atoms with E-state index in [1.54, 1.807) is 0 Å². The van der Waals surface area contributed by atoms with Crippen LogP contribution in [0.2, 0.25) is 0 Å². The number of aromatic nitrogens is 1. The lowest BCUT2D eigenvalue weighted by molar-refractivity contribution is 0.283. The van der Waals surface area contributed by atoms with Crippen LogP contribution in [0.25, 0.3) is 0 Å². The van der Waals surface area contributed by atoms with Crippen LogP contribution < -0.4 is 5.32 Å². The second-order valence-electron chi connectivity index (χ2n) is 5.75. The zero-order valence-corrected chi connectivity index (χ0v) is 11.9. The third-order valence-electron chi connectivity index (χ3n) is 3.02. The van der Waals surface area contributed by atoms with E-state index in [0.29, 0.717) is 6.61 Å². The monoisotopic (exact) mass is 250 g/mol. The van der Waals surface area contributed by atoms with E-state index in [1.807, 2.05) is 12.3 Å². The fraction of sp³-hybridized carbons (Fsp3) is 0.667. The normalized spacial score (nSPS) is 11.6. The standard InChI is InChI=1S/C15H26N2O/c1-15(2,3)13-8-9-14(17-12-13)16-10-6-4-5-7-11-18/h8-9,12,18H,4-7,10-11H2,1-3H3,(H,16,17). The third-order valence-corrected chi connectivity index (χ3v) is 3.02. The maximum Gasteiger partial charge on any atom is 0.125 e. The first-order valence-corrected chi connectivity index (χ1v) is 6.85. The summed E-state index contributed by atoms with van der Waals surface area (Å²) in [7, 11) is 0. The van der Waals surface area contributed by atoms with Gasteiger partial charge in [0.2, 0.25) is 0 Å². The summed E-state index contributed by atoms with van der Waals surface area (Å²) >= 11 is 0. The fourth-order valence-electron chi connectivity index (χ4n) is 1.75. The Morgan fingerprint density at radius 1 is 1.11 bits per heavy atom. The average Bonchev–Trinajstić information content (AvgIpc) is 2.33. The molecule has 1 aromatic rings. The number of anilines is 1. The summed E-state index contributed by atoms with van der Waals surface area (Å²) in [5.74, 6) is 0.949. The van der Waals surface area contributed by atoms with Gasteiger partial charge in [-0.25, -0.2) is 4.98 Å². The molecule has 0 bridgehead atoms. The highest BCUT2D eigenvalue weighted by Crippen LogP contribution is 2.21. The molecule has 0 unspecified atom stereocenters. The Kier molecular flexibility index (Phi) is 6.13. The zero-order chi connectivity index (χ0) is 13.4. The van der Waals surface area contributed by atoms with Gasteiger partial charge in [0.05, 0.1) is 0 Å². The highest BCUT2D eigenvalue weighted by atomic mass is 16.2. The molecule has 0 radical (unpaired) electrons. The van der Waals surface area contributed by atoms with Gasteiger partial charge in [0, 0.05) is 19.3 Å². The number of nitrogens with one attached hydrogen (secondary N) is 1. The van der Waals surface area contributed by atoms with Gasteiger partial charge in [0.25, 0.3) is 0 Å². The second kappa shape index (κ2) is 7.37. The van der Waals surface area contributed by atoms with E-state index in [2.05, 4.69) is 37.1 Å². The van der Waals surface area contributed by atoms with Gasteiger partial charge in [-0.15, -0.1) is 0 Å². The minimum atomic E-state index is 0.163. The van der Waals surface area contributed by atoms with Crippen molar-refractivity contribution in [1.29, 1.82) is 0 Å². The molecule has 1 heterocycles. The molecular weight excluding hydrogens is 224 g/mol. The number of unbranched alkanes of at least 4 members (excludes halogenated alkanes) is 3. The Balaban J connectivity index is 2.27. The van der Waals surface area contributed by atoms with Crippen molar-refractivity contribution < 1.29 is 5.11 Å². The van der Waals surface area contributed by atoms with Crippen LogP contribution in [0.1, 0.15) is 52.0 Å². The molecule has 0 aliphatic heterocycles. The molecule has 0 amide bonds. The first-order chi connectivity index (χ1) is 8.54. The molecule has 2 N–H and O–H groups in total. The molecule has 0 saturated carbocycles. The van der Waals surface area contributed by atoms with E-state index in [1.165, 1.54) is 5.56 Å². The van der Waals surface area contributed by atoms with Crippen LogP contribution >= 0.6 is 0 Å². The molecule has 0 saturated heterocycles. The Bertz CT molecular complexity index is 327. The molecule has 0 aliphatic rings. The van der Waals surface area contributed by atoms with Gasteiger partial charge >= 0.3 is 0 Å². The molecule has 0 aliphatic carbocycles. The van der Waals surface area contributed by atoms with E-state index >= 15 is 0 Å². The zero-order valence-electron chi connectivity index (χ0n) is 11.9. The van der Waals surface area contributed by atoms with Crippen LogP contribution in [-0.2, 0) is 5.41 Å². The number of aliphatic hydroxyl groups excluding tert-OH is 1. The molecule has 0 fully saturated rings. The van der Waals surface area contributed by atoms with Crippen molar-refractivity contribution in [1.82, 2.24) is 4.98 Å². The lowest BCUT2D eigenvalue weighted by atomic mass is 9.88. The van der Waals surface area contributed by atoms with E-state index in [9.17, 15) is 0 Å². The number of rotatable bonds is 7. The van der Waals surface area contributed by atoms with Crippen LogP contribution in [0.4, 0.5) is 5.82 Å². The van der Waals surface area contributed by atoms with E-state index in [-0.39, 0.29) is 5.41 Å². The Morgan fingerprint density at radius 3 is 2.39 bits per heavy atom. The smallest absolute Gasteiger partial charge is 0.125 e. The Labute approximate surface area is 111 Å². The minimum Gasteiger partial charge on any atom is -0.396 e. The fourth-order valence-corrected chi connectivity index (χ4v) is 1.75. The van der Waals surface area contributed by atoms with Crippen molar-refractivity contribution in [3.63, 3.8) is 0 Å². The first kappa shape index (κ1) is 15.0.